The highest BCUT2D eigenvalue weighted by Gasteiger charge is 2.29. The van der Waals surface area contributed by atoms with E-state index < -0.39 is 0 Å². The first kappa shape index (κ1) is 14.4. The third kappa shape index (κ3) is 2.27. The number of fused-ring (bicyclic) bond motifs is 3. The Morgan fingerprint density at radius 2 is 2.04 bits per heavy atom. The summed E-state index contributed by atoms with van der Waals surface area (Å²) in [6.07, 6.45) is 6.11. The van der Waals surface area contributed by atoms with Crippen LogP contribution in [0, 0.1) is 6.92 Å². The fourth-order valence-corrected chi connectivity index (χ4v) is 3.92. The van der Waals surface area contributed by atoms with Gasteiger partial charge in [0.05, 0.1) is 17.3 Å². The van der Waals surface area contributed by atoms with Gasteiger partial charge in [-0.3, -0.25) is 4.98 Å². The smallest absolute Gasteiger partial charge is 0.158 e. The van der Waals surface area contributed by atoms with Gasteiger partial charge in [-0.25, -0.2) is 9.50 Å². The van der Waals surface area contributed by atoms with E-state index >= 15 is 0 Å². The number of nitrogens with zero attached hydrogens (tertiary/aromatic N) is 5. The monoisotopic (exact) mass is 329 g/mol. The summed E-state index contributed by atoms with van der Waals surface area (Å²) in [4.78, 5) is 11.7. The topological polar surface area (TPSA) is 46.3 Å². The highest BCUT2D eigenvalue weighted by Crippen LogP contribution is 2.38. The number of anilines is 1. The lowest BCUT2D eigenvalue weighted by molar-refractivity contribution is 0.710. The molecule has 4 aromatic rings. The zero-order chi connectivity index (χ0) is 16.8. The van der Waals surface area contributed by atoms with Gasteiger partial charge in [0.1, 0.15) is 5.82 Å². The molecule has 4 heterocycles. The molecule has 0 bridgehead atoms. The first-order valence-electron chi connectivity index (χ1n) is 8.73. The van der Waals surface area contributed by atoms with Crippen LogP contribution < -0.4 is 4.90 Å². The summed E-state index contributed by atoms with van der Waals surface area (Å²) in [7, 11) is 0. The van der Waals surface area contributed by atoms with E-state index in [4.69, 9.17) is 4.98 Å². The lowest BCUT2D eigenvalue weighted by Gasteiger charge is -2.27. The minimum Gasteiger partial charge on any atom is -0.349 e. The van der Waals surface area contributed by atoms with Crippen LogP contribution in [-0.2, 0) is 0 Å². The largest absolute Gasteiger partial charge is 0.349 e. The minimum atomic E-state index is 0.330. The lowest BCUT2D eigenvalue weighted by atomic mass is 10.1. The van der Waals surface area contributed by atoms with Gasteiger partial charge in [0.2, 0.25) is 0 Å². The van der Waals surface area contributed by atoms with Crippen LogP contribution >= 0.6 is 0 Å². The van der Waals surface area contributed by atoms with Crippen molar-refractivity contribution in [3.63, 3.8) is 0 Å². The summed E-state index contributed by atoms with van der Waals surface area (Å²) >= 11 is 0. The highest BCUT2D eigenvalue weighted by atomic mass is 15.3. The van der Waals surface area contributed by atoms with Crippen molar-refractivity contribution in [2.24, 2.45) is 0 Å². The molecular formula is C20H19N5. The molecule has 5 heteroatoms. The molecule has 0 N–H and O–H groups in total. The van der Waals surface area contributed by atoms with Crippen molar-refractivity contribution < 1.29 is 0 Å². The molecule has 5 nitrogen and oxygen atoms in total. The molecule has 124 valence electrons. The van der Waals surface area contributed by atoms with Crippen molar-refractivity contribution in [2.75, 3.05) is 11.4 Å². The van der Waals surface area contributed by atoms with Crippen molar-refractivity contribution in [1.82, 2.24) is 19.6 Å². The number of benzene rings is 1. The first-order valence-corrected chi connectivity index (χ1v) is 8.73. The van der Waals surface area contributed by atoms with E-state index in [1.54, 1.807) is 0 Å². The molecule has 0 saturated carbocycles. The summed E-state index contributed by atoms with van der Waals surface area (Å²) < 4.78 is 1.95. The Balaban J connectivity index is 1.73. The SMILES string of the molecule is Cc1cc2nc(N3CCC[C@H]3c3cccnc3)c3ccccc3n2n1. The van der Waals surface area contributed by atoms with Crippen LogP contribution in [0.3, 0.4) is 0 Å². The Hall–Kier alpha value is -2.95. The van der Waals surface area contributed by atoms with Crippen molar-refractivity contribution in [3.8, 4) is 0 Å². The van der Waals surface area contributed by atoms with E-state index in [1.165, 1.54) is 12.0 Å². The number of hydrogen-bond donors (Lipinski definition) is 0. The fourth-order valence-electron chi connectivity index (χ4n) is 3.92. The molecule has 1 aliphatic heterocycles. The molecule has 0 spiro atoms. The summed E-state index contributed by atoms with van der Waals surface area (Å²) in [5, 5.41) is 5.76. The maximum absolute atomic E-state index is 4.99. The van der Waals surface area contributed by atoms with Crippen molar-refractivity contribution in [2.45, 2.75) is 25.8 Å². The second-order valence-electron chi connectivity index (χ2n) is 6.65. The normalized spacial score (nSPS) is 17.6. The maximum atomic E-state index is 4.99. The standard InChI is InChI=1S/C20H19N5/c1-14-12-19-22-20(16-7-2-3-8-18(16)25(19)23-14)24-11-5-9-17(24)15-6-4-10-21-13-15/h2-4,6-8,10,12-13,17H,5,9,11H2,1H3/t17-/m0/s1. The third-order valence-electron chi connectivity index (χ3n) is 5.00. The van der Waals surface area contributed by atoms with Gasteiger partial charge in [-0.1, -0.05) is 18.2 Å². The molecule has 1 atom stereocenters. The summed E-state index contributed by atoms with van der Waals surface area (Å²) in [6.45, 7) is 3.03. The molecule has 1 saturated heterocycles. The zero-order valence-corrected chi connectivity index (χ0v) is 14.1. The Morgan fingerprint density at radius 3 is 2.92 bits per heavy atom. The lowest BCUT2D eigenvalue weighted by Crippen LogP contribution is -2.24. The van der Waals surface area contributed by atoms with Crippen LogP contribution in [0.5, 0.6) is 0 Å². The first-order chi connectivity index (χ1) is 12.3. The van der Waals surface area contributed by atoms with E-state index in [0.29, 0.717) is 6.04 Å². The van der Waals surface area contributed by atoms with Crippen molar-refractivity contribution in [3.05, 3.63) is 66.1 Å². The second-order valence-corrected chi connectivity index (χ2v) is 6.65. The van der Waals surface area contributed by atoms with Gasteiger partial charge < -0.3 is 4.90 Å². The van der Waals surface area contributed by atoms with Gasteiger partial charge in [-0.2, -0.15) is 5.10 Å². The van der Waals surface area contributed by atoms with Crippen molar-refractivity contribution in [1.29, 1.82) is 0 Å². The molecule has 0 radical (unpaired) electrons. The molecule has 5 rings (SSSR count). The van der Waals surface area contributed by atoms with E-state index in [1.807, 2.05) is 36.0 Å². The van der Waals surface area contributed by atoms with Crippen LogP contribution in [0.4, 0.5) is 5.82 Å². The summed E-state index contributed by atoms with van der Waals surface area (Å²) in [5.74, 6) is 1.05. The Labute approximate surface area is 145 Å². The maximum Gasteiger partial charge on any atom is 0.158 e. The molecule has 25 heavy (non-hydrogen) atoms. The number of rotatable bonds is 2. The average Bonchev–Trinajstić information content (AvgIpc) is 3.27. The zero-order valence-electron chi connectivity index (χ0n) is 14.1. The molecule has 1 fully saturated rings. The van der Waals surface area contributed by atoms with E-state index in [-0.39, 0.29) is 0 Å². The molecule has 0 amide bonds. The molecule has 1 aliphatic rings. The third-order valence-corrected chi connectivity index (χ3v) is 5.00. The summed E-state index contributed by atoms with van der Waals surface area (Å²) in [5.41, 5.74) is 4.26. The molecular weight excluding hydrogens is 310 g/mol. The van der Waals surface area contributed by atoms with E-state index in [0.717, 1.165) is 41.0 Å². The van der Waals surface area contributed by atoms with Gasteiger partial charge in [-0.05, 0) is 43.5 Å². The Bertz CT molecular complexity index is 1050. The number of pyridine rings is 1. The van der Waals surface area contributed by atoms with Gasteiger partial charge in [0.15, 0.2) is 5.65 Å². The summed E-state index contributed by atoms with van der Waals surface area (Å²) in [6, 6.07) is 15.0. The molecule has 0 unspecified atom stereocenters. The van der Waals surface area contributed by atoms with Gasteiger partial charge in [0.25, 0.3) is 0 Å². The quantitative estimate of drug-likeness (QED) is 0.559. The predicted octanol–water partition coefficient (Wildman–Crippen LogP) is 3.93. The second kappa shape index (κ2) is 5.55. The van der Waals surface area contributed by atoms with Gasteiger partial charge in [0, 0.05) is 30.4 Å². The van der Waals surface area contributed by atoms with Gasteiger partial charge in [-0.15, -0.1) is 0 Å². The van der Waals surface area contributed by atoms with Crippen LogP contribution in [-0.4, -0.2) is 26.1 Å². The van der Waals surface area contributed by atoms with Crippen LogP contribution in [0.25, 0.3) is 16.6 Å². The fraction of sp³-hybridized carbons (Fsp3) is 0.250. The average molecular weight is 329 g/mol. The number of aryl methyl sites for hydroxylation is 1. The van der Waals surface area contributed by atoms with Crippen LogP contribution in [0.15, 0.2) is 54.9 Å². The predicted molar refractivity (Wildman–Crippen MR) is 98.8 cm³/mol. The van der Waals surface area contributed by atoms with Crippen LogP contribution in [0.2, 0.25) is 0 Å². The Kier molecular flexibility index (Phi) is 3.20. The number of para-hydroxylation sites is 1. The van der Waals surface area contributed by atoms with Crippen molar-refractivity contribution >= 4 is 22.4 Å². The highest BCUT2D eigenvalue weighted by molar-refractivity contribution is 5.92. The molecule has 1 aromatic carbocycles. The van der Waals surface area contributed by atoms with Crippen LogP contribution in [0.1, 0.15) is 30.1 Å². The Morgan fingerprint density at radius 1 is 1.12 bits per heavy atom. The molecule has 3 aromatic heterocycles. The number of aromatic nitrogens is 4. The number of hydrogen-bond acceptors (Lipinski definition) is 4. The minimum absolute atomic E-state index is 0.330. The van der Waals surface area contributed by atoms with E-state index in [2.05, 4.69) is 45.3 Å². The van der Waals surface area contributed by atoms with E-state index in [9.17, 15) is 0 Å². The molecule has 0 aliphatic carbocycles. The van der Waals surface area contributed by atoms with Gasteiger partial charge >= 0.3 is 0 Å².